The molecule has 0 saturated heterocycles. The fourth-order valence-corrected chi connectivity index (χ4v) is 3.42. The van der Waals surface area contributed by atoms with Crippen molar-refractivity contribution >= 4 is 5.91 Å². The fourth-order valence-electron chi connectivity index (χ4n) is 3.42. The monoisotopic (exact) mass is 383 g/mol. The number of ether oxygens (including phenoxy) is 4. The van der Waals surface area contributed by atoms with Crippen molar-refractivity contribution in [2.24, 2.45) is 5.92 Å². The van der Waals surface area contributed by atoms with Crippen molar-refractivity contribution in [2.75, 3.05) is 26.4 Å². The van der Waals surface area contributed by atoms with E-state index in [2.05, 4.69) is 19.2 Å². The molecule has 0 aliphatic carbocycles. The predicted octanol–water partition coefficient (Wildman–Crippen LogP) is 3.75. The Morgan fingerprint density at radius 3 is 2.18 bits per heavy atom. The predicted molar refractivity (Wildman–Crippen MR) is 105 cm³/mol. The summed E-state index contributed by atoms with van der Waals surface area (Å²) in [6, 6.07) is 11.0. The van der Waals surface area contributed by atoms with Gasteiger partial charge in [-0.2, -0.15) is 0 Å². The lowest BCUT2D eigenvalue weighted by Gasteiger charge is -2.24. The van der Waals surface area contributed by atoms with Gasteiger partial charge in [0, 0.05) is 12.0 Å². The molecule has 4 rings (SSSR count). The van der Waals surface area contributed by atoms with Crippen LogP contribution in [0.5, 0.6) is 23.0 Å². The zero-order valence-corrected chi connectivity index (χ0v) is 16.2. The Morgan fingerprint density at radius 1 is 0.821 bits per heavy atom. The molecule has 0 fully saturated rings. The molecule has 0 saturated carbocycles. The normalized spacial score (nSPS) is 16.2. The minimum Gasteiger partial charge on any atom is -0.490 e. The standard InChI is InChI=1S/C22H25NO5/c1-14(2)21(15-4-6-17-19(12-15)26-9-3-8-25-17)23-22(24)16-5-7-18-20(13-16)28-11-10-27-18/h4-7,12-14,21H,3,8-11H2,1-2H3,(H,23,24)/t21-/m1/s1. The summed E-state index contributed by atoms with van der Waals surface area (Å²) in [5.41, 5.74) is 1.54. The van der Waals surface area contributed by atoms with Crippen LogP contribution in [0.4, 0.5) is 0 Å². The lowest BCUT2D eigenvalue weighted by molar-refractivity contribution is 0.0924. The highest BCUT2D eigenvalue weighted by Crippen LogP contribution is 2.35. The summed E-state index contributed by atoms with van der Waals surface area (Å²) in [5.74, 6) is 2.81. The second kappa shape index (κ2) is 8.00. The molecule has 2 aromatic carbocycles. The Labute approximate surface area is 164 Å². The number of fused-ring (bicyclic) bond motifs is 2. The molecule has 2 aliphatic heterocycles. The first-order valence-electron chi connectivity index (χ1n) is 9.72. The first-order chi connectivity index (χ1) is 13.6. The molecule has 6 heteroatoms. The van der Waals surface area contributed by atoms with Gasteiger partial charge in [-0.25, -0.2) is 0 Å². The number of carbonyl (C=O) groups is 1. The van der Waals surface area contributed by atoms with Gasteiger partial charge in [0.25, 0.3) is 5.91 Å². The maximum absolute atomic E-state index is 12.9. The number of hydrogen-bond donors (Lipinski definition) is 1. The van der Waals surface area contributed by atoms with Gasteiger partial charge in [0.05, 0.1) is 19.3 Å². The summed E-state index contributed by atoms with van der Waals surface area (Å²) in [4.78, 5) is 12.9. The van der Waals surface area contributed by atoms with Gasteiger partial charge >= 0.3 is 0 Å². The van der Waals surface area contributed by atoms with Crippen LogP contribution in [0.3, 0.4) is 0 Å². The van der Waals surface area contributed by atoms with Crippen LogP contribution in [0.2, 0.25) is 0 Å². The van der Waals surface area contributed by atoms with Gasteiger partial charge in [-0.05, 0) is 41.8 Å². The van der Waals surface area contributed by atoms with Gasteiger partial charge in [0.2, 0.25) is 0 Å². The highest BCUT2D eigenvalue weighted by molar-refractivity contribution is 5.95. The van der Waals surface area contributed by atoms with E-state index < -0.39 is 0 Å². The molecular weight excluding hydrogens is 358 g/mol. The summed E-state index contributed by atoms with van der Waals surface area (Å²) >= 11 is 0. The van der Waals surface area contributed by atoms with Crippen LogP contribution in [0.15, 0.2) is 36.4 Å². The van der Waals surface area contributed by atoms with Crippen molar-refractivity contribution in [1.29, 1.82) is 0 Å². The van der Waals surface area contributed by atoms with Crippen LogP contribution < -0.4 is 24.3 Å². The molecule has 6 nitrogen and oxygen atoms in total. The molecule has 148 valence electrons. The summed E-state index contributed by atoms with van der Waals surface area (Å²) in [5, 5.41) is 3.15. The average molecular weight is 383 g/mol. The first kappa shape index (κ1) is 18.5. The summed E-state index contributed by atoms with van der Waals surface area (Å²) < 4.78 is 22.6. The number of nitrogens with one attached hydrogen (secondary N) is 1. The quantitative estimate of drug-likeness (QED) is 0.871. The van der Waals surface area contributed by atoms with E-state index in [1.165, 1.54) is 0 Å². The number of carbonyl (C=O) groups excluding carboxylic acids is 1. The van der Waals surface area contributed by atoms with Crippen molar-refractivity contribution in [3.05, 3.63) is 47.5 Å². The van der Waals surface area contributed by atoms with E-state index in [0.717, 1.165) is 23.5 Å². The van der Waals surface area contributed by atoms with E-state index >= 15 is 0 Å². The van der Waals surface area contributed by atoms with Crippen LogP contribution in [0.1, 0.15) is 42.2 Å². The van der Waals surface area contributed by atoms with Crippen LogP contribution in [-0.2, 0) is 0 Å². The Kier molecular flexibility index (Phi) is 5.28. The van der Waals surface area contributed by atoms with E-state index in [-0.39, 0.29) is 17.9 Å². The number of rotatable bonds is 4. The van der Waals surface area contributed by atoms with Gasteiger partial charge in [-0.3, -0.25) is 4.79 Å². The lowest BCUT2D eigenvalue weighted by atomic mass is 9.95. The topological polar surface area (TPSA) is 66.0 Å². The number of benzene rings is 2. The van der Waals surface area contributed by atoms with Gasteiger partial charge in [-0.15, -0.1) is 0 Å². The first-order valence-corrected chi connectivity index (χ1v) is 9.72. The molecule has 0 spiro atoms. The molecule has 1 N–H and O–H groups in total. The molecule has 0 aromatic heterocycles. The van der Waals surface area contributed by atoms with E-state index in [0.29, 0.717) is 43.5 Å². The van der Waals surface area contributed by atoms with Crippen LogP contribution in [0.25, 0.3) is 0 Å². The highest BCUT2D eigenvalue weighted by Gasteiger charge is 2.23. The summed E-state index contributed by atoms with van der Waals surface area (Å²) in [6.07, 6.45) is 0.860. The minimum absolute atomic E-state index is 0.150. The SMILES string of the molecule is CC(C)[C@@H](NC(=O)c1ccc2c(c1)OCCO2)c1ccc2c(c1)OCCCO2. The van der Waals surface area contributed by atoms with Crippen molar-refractivity contribution in [3.8, 4) is 23.0 Å². The third-order valence-corrected chi connectivity index (χ3v) is 4.89. The van der Waals surface area contributed by atoms with Crippen molar-refractivity contribution in [1.82, 2.24) is 5.32 Å². The molecule has 2 aliphatic rings. The molecule has 28 heavy (non-hydrogen) atoms. The molecule has 2 aromatic rings. The van der Waals surface area contributed by atoms with Crippen LogP contribution in [0, 0.1) is 5.92 Å². The van der Waals surface area contributed by atoms with E-state index in [1.807, 2.05) is 18.2 Å². The van der Waals surface area contributed by atoms with Crippen molar-refractivity contribution < 1.29 is 23.7 Å². The molecule has 0 unspecified atom stereocenters. The third kappa shape index (κ3) is 3.86. The molecule has 1 atom stereocenters. The van der Waals surface area contributed by atoms with Gasteiger partial charge in [0.1, 0.15) is 13.2 Å². The zero-order chi connectivity index (χ0) is 19.5. The lowest BCUT2D eigenvalue weighted by Crippen LogP contribution is -2.32. The van der Waals surface area contributed by atoms with E-state index in [4.69, 9.17) is 18.9 Å². The van der Waals surface area contributed by atoms with Gasteiger partial charge in [0.15, 0.2) is 23.0 Å². The molecule has 0 radical (unpaired) electrons. The Balaban J connectivity index is 1.55. The highest BCUT2D eigenvalue weighted by atomic mass is 16.6. The van der Waals surface area contributed by atoms with Crippen LogP contribution >= 0.6 is 0 Å². The molecule has 1 amide bonds. The zero-order valence-electron chi connectivity index (χ0n) is 16.2. The number of amides is 1. The Bertz CT molecular complexity index is 864. The fraction of sp³-hybridized carbons (Fsp3) is 0.409. The smallest absolute Gasteiger partial charge is 0.251 e. The van der Waals surface area contributed by atoms with E-state index in [1.54, 1.807) is 18.2 Å². The third-order valence-electron chi connectivity index (χ3n) is 4.89. The molecular formula is C22H25NO5. The largest absolute Gasteiger partial charge is 0.490 e. The second-order valence-corrected chi connectivity index (χ2v) is 7.31. The Hall–Kier alpha value is -2.89. The number of hydrogen-bond acceptors (Lipinski definition) is 5. The van der Waals surface area contributed by atoms with Gasteiger partial charge < -0.3 is 24.3 Å². The second-order valence-electron chi connectivity index (χ2n) is 7.31. The Morgan fingerprint density at radius 2 is 1.43 bits per heavy atom. The maximum atomic E-state index is 12.9. The summed E-state index contributed by atoms with van der Waals surface area (Å²) in [7, 11) is 0. The minimum atomic E-state index is -0.155. The van der Waals surface area contributed by atoms with Gasteiger partial charge in [-0.1, -0.05) is 19.9 Å². The van der Waals surface area contributed by atoms with Crippen molar-refractivity contribution in [2.45, 2.75) is 26.3 Å². The summed E-state index contributed by atoms with van der Waals surface area (Å²) in [6.45, 7) is 6.46. The average Bonchev–Trinajstić information content (AvgIpc) is 2.96. The van der Waals surface area contributed by atoms with Crippen LogP contribution in [-0.4, -0.2) is 32.3 Å². The molecule has 2 heterocycles. The van der Waals surface area contributed by atoms with Crippen molar-refractivity contribution in [3.63, 3.8) is 0 Å². The molecule has 0 bridgehead atoms. The van der Waals surface area contributed by atoms with E-state index in [9.17, 15) is 4.79 Å². The maximum Gasteiger partial charge on any atom is 0.251 e.